The molecule has 2 amide bonds. The number of carbonyl (C=O) groups is 3. The first-order chi connectivity index (χ1) is 17.9. The number of hydrogen-bond acceptors (Lipinski definition) is 6. The van der Waals surface area contributed by atoms with Crippen LogP contribution in [-0.4, -0.2) is 56.9 Å². The first-order valence-corrected chi connectivity index (χ1v) is 12.6. The fourth-order valence-electron chi connectivity index (χ4n) is 4.65. The molecule has 1 aromatic carbocycles. The molecule has 2 aromatic heterocycles. The van der Waals surface area contributed by atoms with Gasteiger partial charge in [0.1, 0.15) is 0 Å². The van der Waals surface area contributed by atoms with Crippen molar-refractivity contribution in [3.05, 3.63) is 83.7 Å². The maximum atomic E-state index is 13.3. The Labute approximate surface area is 216 Å². The number of pyridine rings is 1. The van der Waals surface area contributed by atoms with Gasteiger partial charge in [-0.3, -0.25) is 19.4 Å². The first-order valence-electron chi connectivity index (χ1n) is 12.6. The molecule has 37 heavy (non-hydrogen) atoms. The van der Waals surface area contributed by atoms with E-state index in [1.165, 1.54) is 6.92 Å². The second-order valence-corrected chi connectivity index (χ2v) is 9.30. The molecular formula is C28H33N5O4. The molecule has 1 aliphatic rings. The number of piperidine rings is 1. The lowest BCUT2D eigenvalue weighted by molar-refractivity contribution is -0.159. The van der Waals surface area contributed by atoms with Gasteiger partial charge in [0, 0.05) is 62.7 Å². The van der Waals surface area contributed by atoms with Gasteiger partial charge in [0.15, 0.2) is 0 Å². The molecule has 0 bridgehead atoms. The van der Waals surface area contributed by atoms with Crippen LogP contribution in [0.1, 0.15) is 65.5 Å². The van der Waals surface area contributed by atoms with Gasteiger partial charge in [0.25, 0.3) is 11.8 Å². The molecule has 0 unspecified atom stereocenters. The largest absolute Gasteiger partial charge is 0.447 e. The summed E-state index contributed by atoms with van der Waals surface area (Å²) >= 11 is 0. The number of aryl methyl sites for hydroxylation is 2. The van der Waals surface area contributed by atoms with Crippen LogP contribution in [0.4, 0.5) is 0 Å². The number of carbonyl (C=O) groups excluding carboxylic acids is 3. The molecular weight excluding hydrogens is 470 g/mol. The fraction of sp³-hybridized carbons (Fsp3) is 0.393. The summed E-state index contributed by atoms with van der Waals surface area (Å²) in [5, 5.41) is 3.01. The van der Waals surface area contributed by atoms with Gasteiger partial charge in [-0.05, 0) is 38.3 Å². The smallest absolute Gasteiger partial charge is 0.303 e. The fourth-order valence-corrected chi connectivity index (χ4v) is 4.65. The van der Waals surface area contributed by atoms with Gasteiger partial charge in [0.05, 0.1) is 17.6 Å². The van der Waals surface area contributed by atoms with Gasteiger partial charge in [-0.2, -0.15) is 0 Å². The molecule has 1 N–H and O–H groups in total. The average Bonchev–Trinajstić information content (AvgIpc) is 3.43. The van der Waals surface area contributed by atoms with E-state index >= 15 is 0 Å². The molecule has 0 radical (unpaired) electrons. The lowest BCUT2D eigenvalue weighted by Gasteiger charge is -2.34. The summed E-state index contributed by atoms with van der Waals surface area (Å²) in [6.07, 6.45) is 6.57. The summed E-state index contributed by atoms with van der Waals surface area (Å²) in [5.74, 6) is -0.806. The number of ether oxygens (including phenoxy) is 1. The molecule has 0 saturated carbocycles. The highest BCUT2D eigenvalue weighted by Crippen LogP contribution is 2.31. The summed E-state index contributed by atoms with van der Waals surface area (Å²) in [7, 11) is 0. The van der Waals surface area contributed by atoms with Crippen molar-refractivity contribution in [2.75, 3.05) is 19.6 Å². The van der Waals surface area contributed by atoms with E-state index in [0.717, 1.165) is 24.4 Å². The van der Waals surface area contributed by atoms with Crippen LogP contribution >= 0.6 is 0 Å². The zero-order valence-electron chi connectivity index (χ0n) is 21.3. The van der Waals surface area contributed by atoms with E-state index in [9.17, 15) is 14.4 Å². The molecule has 9 nitrogen and oxygen atoms in total. The Kier molecular flexibility index (Phi) is 8.66. The zero-order valence-corrected chi connectivity index (χ0v) is 21.3. The molecule has 1 fully saturated rings. The Morgan fingerprint density at radius 3 is 2.54 bits per heavy atom. The Morgan fingerprint density at radius 2 is 1.86 bits per heavy atom. The molecule has 0 aliphatic carbocycles. The van der Waals surface area contributed by atoms with Crippen molar-refractivity contribution >= 4 is 17.8 Å². The van der Waals surface area contributed by atoms with Crippen LogP contribution in [0.15, 0.2) is 61.2 Å². The minimum atomic E-state index is -0.962. The maximum absolute atomic E-state index is 13.3. The van der Waals surface area contributed by atoms with Crippen LogP contribution in [0.2, 0.25) is 0 Å². The van der Waals surface area contributed by atoms with Crippen molar-refractivity contribution in [1.29, 1.82) is 0 Å². The molecule has 3 aromatic rings. The second kappa shape index (κ2) is 12.3. The van der Waals surface area contributed by atoms with Gasteiger partial charge < -0.3 is 19.5 Å². The van der Waals surface area contributed by atoms with E-state index in [1.807, 2.05) is 48.0 Å². The minimum Gasteiger partial charge on any atom is -0.447 e. The van der Waals surface area contributed by atoms with Crippen LogP contribution in [0.5, 0.6) is 0 Å². The molecule has 1 saturated heterocycles. The lowest BCUT2D eigenvalue weighted by Crippen LogP contribution is -2.42. The van der Waals surface area contributed by atoms with Gasteiger partial charge in [0.2, 0.25) is 6.10 Å². The third kappa shape index (κ3) is 6.81. The van der Waals surface area contributed by atoms with E-state index in [0.29, 0.717) is 43.6 Å². The van der Waals surface area contributed by atoms with Gasteiger partial charge in [-0.1, -0.05) is 30.3 Å². The Morgan fingerprint density at radius 1 is 1.11 bits per heavy atom. The second-order valence-electron chi connectivity index (χ2n) is 9.30. The highest BCUT2D eigenvalue weighted by molar-refractivity contribution is 5.95. The Balaban J connectivity index is 1.39. The normalized spacial score (nSPS) is 14.7. The van der Waals surface area contributed by atoms with Crippen LogP contribution in [0.3, 0.4) is 0 Å². The summed E-state index contributed by atoms with van der Waals surface area (Å²) in [5.41, 5.74) is 2.86. The van der Waals surface area contributed by atoms with E-state index in [2.05, 4.69) is 10.3 Å². The third-order valence-corrected chi connectivity index (χ3v) is 6.55. The monoisotopic (exact) mass is 503 g/mol. The van der Waals surface area contributed by atoms with Gasteiger partial charge >= 0.3 is 5.97 Å². The number of aromatic nitrogens is 3. The average molecular weight is 504 g/mol. The van der Waals surface area contributed by atoms with E-state index < -0.39 is 12.1 Å². The molecule has 3 heterocycles. The van der Waals surface area contributed by atoms with Crippen molar-refractivity contribution in [2.45, 2.75) is 51.7 Å². The summed E-state index contributed by atoms with van der Waals surface area (Å²) < 4.78 is 7.38. The van der Waals surface area contributed by atoms with Gasteiger partial charge in [-0.15, -0.1) is 0 Å². The number of nitrogens with one attached hydrogen (secondary N) is 1. The topological polar surface area (TPSA) is 106 Å². The number of esters is 1. The summed E-state index contributed by atoms with van der Waals surface area (Å²) in [6.45, 7) is 5.55. The predicted molar refractivity (Wildman–Crippen MR) is 138 cm³/mol. The number of benzene rings is 1. The maximum Gasteiger partial charge on any atom is 0.303 e. The van der Waals surface area contributed by atoms with Crippen molar-refractivity contribution in [1.82, 2.24) is 24.8 Å². The number of amides is 2. The SMILES string of the molecule is CC(=O)O[C@H](C(=O)N1CCC(c2nc(C)ccc2C(=O)NCCCn2ccnc2)CC1)c1ccccc1. The molecule has 194 valence electrons. The highest BCUT2D eigenvalue weighted by atomic mass is 16.5. The van der Waals surface area contributed by atoms with E-state index in [-0.39, 0.29) is 17.7 Å². The number of hydrogen-bond donors (Lipinski definition) is 1. The first kappa shape index (κ1) is 26.1. The van der Waals surface area contributed by atoms with Crippen molar-refractivity contribution < 1.29 is 19.1 Å². The van der Waals surface area contributed by atoms with Crippen LogP contribution in [-0.2, 0) is 20.9 Å². The van der Waals surface area contributed by atoms with Crippen molar-refractivity contribution in [3.8, 4) is 0 Å². The highest BCUT2D eigenvalue weighted by Gasteiger charge is 2.33. The number of imidazole rings is 1. The molecule has 1 aliphatic heterocycles. The van der Waals surface area contributed by atoms with Crippen molar-refractivity contribution in [2.24, 2.45) is 0 Å². The number of nitrogens with zero attached hydrogens (tertiary/aromatic N) is 4. The standard InChI is InChI=1S/C28H33N5O4/c1-20-9-10-24(27(35)30-13-6-15-32-18-14-29-19-32)25(31-20)22-11-16-33(17-12-22)28(36)26(37-21(2)34)23-7-4-3-5-8-23/h3-5,7-10,14,18-19,22,26H,6,11-13,15-17H2,1-2H3,(H,30,35)/t26-/m0/s1. The molecule has 0 spiro atoms. The Bertz CT molecular complexity index is 1200. The number of rotatable bonds is 9. The van der Waals surface area contributed by atoms with Gasteiger partial charge in [-0.25, -0.2) is 4.98 Å². The molecule has 9 heteroatoms. The molecule has 1 atom stereocenters. The quantitative estimate of drug-likeness (QED) is 0.354. The zero-order chi connectivity index (χ0) is 26.2. The summed E-state index contributed by atoms with van der Waals surface area (Å²) in [4.78, 5) is 48.5. The van der Waals surface area contributed by atoms with E-state index in [4.69, 9.17) is 9.72 Å². The summed E-state index contributed by atoms with van der Waals surface area (Å²) in [6, 6.07) is 12.8. The predicted octanol–water partition coefficient (Wildman–Crippen LogP) is 3.42. The Hall–Kier alpha value is -4.01. The third-order valence-electron chi connectivity index (χ3n) is 6.55. The van der Waals surface area contributed by atoms with Crippen LogP contribution in [0, 0.1) is 6.92 Å². The molecule has 4 rings (SSSR count). The van der Waals surface area contributed by atoms with Crippen LogP contribution in [0.25, 0.3) is 0 Å². The van der Waals surface area contributed by atoms with Crippen LogP contribution < -0.4 is 5.32 Å². The lowest BCUT2D eigenvalue weighted by atomic mass is 9.89. The van der Waals surface area contributed by atoms with E-state index in [1.54, 1.807) is 29.6 Å². The van der Waals surface area contributed by atoms with Crippen molar-refractivity contribution in [3.63, 3.8) is 0 Å². The number of likely N-dealkylation sites (tertiary alicyclic amines) is 1. The minimum absolute atomic E-state index is 0.0551.